The van der Waals surface area contributed by atoms with Gasteiger partial charge in [-0.05, 0) is 61.3 Å². The smallest absolute Gasteiger partial charge is 0.410 e. The van der Waals surface area contributed by atoms with Crippen LogP contribution in [0, 0.1) is 0 Å². The SMILES string of the molecule is CC(C(=O)O)N(C)C(=O)CCC(=O)N(CCOCCOCCC(=O)OC(C)(C)C)C1CCN(C(=O)OC(C)(C)C)CC1. The Hall–Kier alpha value is -2.93. The van der Waals surface area contributed by atoms with Gasteiger partial charge >= 0.3 is 18.0 Å². The van der Waals surface area contributed by atoms with Gasteiger partial charge in [-0.15, -0.1) is 0 Å². The topological polar surface area (TPSA) is 152 Å². The zero-order chi connectivity index (χ0) is 32.1. The first kappa shape index (κ1) is 37.1. The minimum absolute atomic E-state index is 0.0738. The second-order valence-corrected chi connectivity index (χ2v) is 12.4. The van der Waals surface area contributed by atoms with Crippen molar-refractivity contribution in [2.45, 2.75) is 104 Å². The van der Waals surface area contributed by atoms with Crippen molar-refractivity contribution < 1.29 is 48.0 Å². The third-order valence-corrected chi connectivity index (χ3v) is 6.48. The third kappa shape index (κ3) is 14.8. The first-order chi connectivity index (χ1) is 19.4. The van der Waals surface area contributed by atoms with E-state index in [9.17, 15) is 24.0 Å². The molecule has 1 aliphatic rings. The van der Waals surface area contributed by atoms with Gasteiger partial charge in [-0.2, -0.15) is 0 Å². The van der Waals surface area contributed by atoms with E-state index in [0.717, 1.165) is 4.90 Å². The number of carboxylic acid groups (broad SMARTS) is 1. The molecule has 242 valence electrons. The summed E-state index contributed by atoms with van der Waals surface area (Å²) in [5.74, 6) is -2.13. The molecule has 1 fully saturated rings. The molecule has 0 bridgehead atoms. The lowest BCUT2D eigenvalue weighted by Crippen LogP contribution is -2.50. The van der Waals surface area contributed by atoms with Gasteiger partial charge in [0.1, 0.15) is 17.2 Å². The Morgan fingerprint density at radius 3 is 1.86 bits per heavy atom. The molecule has 3 amide bonds. The van der Waals surface area contributed by atoms with Gasteiger partial charge in [-0.25, -0.2) is 9.59 Å². The number of likely N-dealkylation sites (tertiary alicyclic amines) is 1. The van der Waals surface area contributed by atoms with Gasteiger partial charge in [0, 0.05) is 45.6 Å². The quantitative estimate of drug-likeness (QED) is 0.219. The Bertz CT molecular complexity index is 904. The normalized spacial score (nSPS) is 15.1. The summed E-state index contributed by atoms with van der Waals surface area (Å²) in [7, 11) is 1.40. The maximum absolute atomic E-state index is 13.3. The summed E-state index contributed by atoms with van der Waals surface area (Å²) < 4.78 is 21.8. The predicted octanol–water partition coefficient (Wildman–Crippen LogP) is 2.69. The molecule has 0 aromatic heterocycles. The zero-order valence-electron chi connectivity index (χ0n) is 26.6. The van der Waals surface area contributed by atoms with Crippen LogP contribution in [0.1, 0.15) is 80.6 Å². The fourth-order valence-electron chi connectivity index (χ4n) is 4.15. The number of esters is 1. The van der Waals surface area contributed by atoms with Gasteiger partial charge in [-0.1, -0.05) is 0 Å². The standard InChI is InChI=1S/C29H51N3O10/c1-21(26(36)37)30(8)23(33)9-10-24(34)32(22-11-14-31(15-12-22)27(38)42-29(5,6)7)16-18-40-20-19-39-17-13-25(35)41-28(2,3)4/h21-22H,9-20H2,1-8H3,(H,36,37). The van der Waals surface area contributed by atoms with E-state index in [4.69, 9.17) is 24.1 Å². The number of carbonyl (C=O) groups is 5. The zero-order valence-corrected chi connectivity index (χ0v) is 26.6. The molecule has 1 unspecified atom stereocenters. The summed E-state index contributed by atoms with van der Waals surface area (Å²) in [6, 6.07) is -1.16. The Kier molecular flexibility index (Phi) is 15.2. The molecule has 42 heavy (non-hydrogen) atoms. The van der Waals surface area contributed by atoms with Crippen molar-refractivity contribution in [2.75, 3.05) is 53.1 Å². The minimum Gasteiger partial charge on any atom is -0.480 e. The van der Waals surface area contributed by atoms with Crippen LogP contribution in [0.3, 0.4) is 0 Å². The van der Waals surface area contributed by atoms with Crippen LogP contribution < -0.4 is 0 Å². The van der Waals surface area contributed by atoms with Gasteiger partial charge < -0.3 is 38.8 Å². The maximum Gasteiger partial charge on any atom is 0.410 e. The molecule has 0 spiro atoms. The summed E-state index contributed by atoms with van der Waals surface area (Å²) in [4.78, 5) is 65.6. The van der Waals surface area contributed by atoms with E-state index in [1.165, 1.54) is 14.0 Å². The molecule has 13 heteroatoms. The third-order valence-electron chi connectivity index (χ3n) is 6.48. The van der Waals surface area contributed by atoms with Crippen molar-refractivity contribution >= 4 is 29.8 Å². The highest BCUT2D eigenvalue weighted by molar-refractivity contribution is 5.86. The molecule has 1 aliphatic heterocycles. The average Bonchev–Trinajstić information content (AvgIpc) is 2.87. The Morgan fingerprint density at radius 2 is 1.33 bits per heavy atom. The van der Waals surface area contributed by atoms with Crippen molar-refractivity contribution in [3.63, 3.8) is 0 Å². The van der Waals surface area contributed by atoms with Gasteiger partial charge in [-0.3, -0.25) is 14.4 Å². The summed E-state index contributed by atoms with van der Waals surface area (Å²) in [6.07, 6.45) is 0.642. The number of aliphatic carboxylic acids is 1. The highest BCUT2D eigenvalue weighted by Crippen LogP contribution is 2.20. The van der Waals surface area contributed by atoms with Crippen LogP contribution in [0.2, 0.25) is 0 Å². The molecule has 13 nitrogen and oxygen atoms in total. The number of amides is 3. The van der Waals surface area contributed by atoms with E-state index in [0.29, 0.717) is 25.9 Å². The van der Waals surface area contributed by atoms with E-state index < -0.39 is 35.2 Å². The molecular weight excluding hydrogens is 550 g/mol. The monoisotopic (exact) mass is 601 g/mol. The molecule has 0 aliphatic carbocycles. The average molecular weight is 602 g/mol. The van der Waals surface area contributed by atoms with Crippen LogP contribution in [0.5, 0.6) is 0 Å². The highest BCUT2D eigenvalue weighted by Gasteiger charge is 2.32. The highest BCUT2D eigenvalue weighted by atomic mass is 16.6. The van der Waals surface area contributed by atoms with Crippen molar-refractivity contribution in [2.24, 2.45) is 0 Å². The Balaban J connectivity index is 2.63. The van der Waals surface area contributed by atoms with Crippen molar-refractivity contribution in [3.05, 3.63) is 0 Å². The van der Waals surface area contributed by atoms with Crippen molar-refractivity contribution in [3.8, 4) is 0 Å². The minimum atomic E-state index is -1.12. The van der Waals surface area contributed by atoms with Crippen LogP contribution in [-0.2, 0) is 38.1 Å². The molecule has 1 atom stereocenters. The first-order valence-corrected chi connectivity index (χ1v) is 14.5. The van der Waals surface area contributed by atoms with Gasteiger partial charge in [0.05, 0.1) is 32.8 Å². The lowest BCUT2D eigenvalue weighted by Gasteiger charge is -2.39. The number of hydrogen-bond donors (Lipinski definition) is 1. The molecule has 1 heterocycles. The second-order valence-electron chi connectivity index (χ2n) is 12.4. The van der Waals surface area contributed by atoms with E-state index in [1.807, 2.05) is 0 Å². The van der Waals surface area contributed by atoms with Crippen LogP contribution >= 0.6 is 0 Å². The summed E-state index contributed by atoms with van der Waals surface area (Å²) in [6.45, 7) is 14.3. The molecule has 1 N–H and O–H groups in total. The van der Waals surface area contributed by atoms with E-state index >= 15 is 0 Å². The number of rotatable bonds is 15. The van der Waals surface area contributed by atoms with Gasteiger partial charge in [0.25, 0.3) is 0 Å². The van der Waals surface area contributed by atoms with Crippen molar-refractivity contribution in [1.82, 2.24) is 14.7 Å². The number of nitrogens with zero attached hydrogens (tertiary/aromatic N) is 3. The Morgan fingerprint density at radius 1 is 0.810 bits per heavy atom. The maximum atomic E-state index is 13.3. The molecule has 0 saturated carbocycles. The molecule has 0 radical (unpaired) electrons. The largest absolute Gasteiger partial charge is 0.480 e. The molecule has 1 saturated heterocycles. The van der Waals surface area contributed by atoms with Gasteiger partial charge in [0.2, 0.25) is 11.8 Å². The van der Waals surface area contributed by atoms with Crippen LogP contribution in [0.15, 0.2) is 0 Å². The predicted molar refractivity (Wildman–Crippen MR) is 154 cm³/mol. The van der Waals surface area contributed by atoms with E-state index in [2.05, 4.69) is 0 Å². The summed E-state index contributed by atoms with van der Waals surface area (Å²) in [5, 5.41) is 9.16. The molecular formula is C29H51N3O10. The molecule has 0 aromatic carbocycles. The number of ether oxygens (including phenoxy) is 4. The number of piperidine rings is 1. The number of carbonyl (C=O) groups excluding carboxylic acids is 4. The van der Waals surface area contributed by atoms with Crippen LogP contribution in [-0.4, -0.2) is 126 Å². The van der Waals surface area contributed by atoms with Gasteiger partial charge in [0.15, 0.2) is 0 Å². The fraction of sp³-hybridized carbons (Fsp3) is 0.828. The fourth-order valence-corrected chi connectivity index (χ4v) is 4.15. The van der Waals surface area contributed by atoms with Crippen LogP contribution in [0.25, 0.3) is 0 Å². The molecule has 0 aromatic rings. The number of likely N-dealkylation sites (N-methyl/N-ethyl adjacent to an activating group) is 1. The lowest BCUT2D eigenvalue weighted by atomic mass is 10.0. The van der Waals surface area contributed by atoms with Crippen molar-refractivity contribution in [1.29, 1.82) is 0 Å². The first-order valence-electron chi connectivity index (χ1n) is 14.5. The summed E-state index contributed by atoms with van der Waals surface area (Å²) in [5.41, 5.74) is -1.15. The number of hydrogen-bond acceptors (Lipinski definition) is 9. The molecule has 1 rings (SSSR count). The van der Waals surface area contributed by atoms with Crippen LogP contribution in [0.4, 0.5) is 4.79 Å². The lowest BCUT2D eigenvalue weighted by molar-refractivity contribution is -0.156. The van der Waals surface area contributed by atoms with E-state index in [1.54, 1.807) is 51.3 Å². The summed E-state index contributed by atoms with van der Waals surface area (Å²) >= 11 is 0. The second kappa shape index (κ2) is 17.3. The Labute approximate surface area is 249 Å². The van der Waals surface area contributed by atoms with E-state index in [-0.39, 0.29) is 70.2 Å². The number of carboxylic acids is 1.